The largest absolute Gasteiger partial charge is 0.360 e. The van der Waals surface area contributed by atoms with Gasteiger partial charge in [0.2, 0.25) is 0 Å². The van der Waals surface area contributed by atoms with E-state index in [1.165, 1.54) is 11.1 Å². The first-order chi connectivity index (χ1) is 11.5. The van der Waals surface area contributed by atoms with Crippen molar-refractivity contribution in [1.29, 1.82) is 0 Å². The third kappa shape index (κ3) is 5.20. The fourth-order valence-electron chi connectivity index (χ4n) is 2.84. The molecular weight excluding hydrogens is 302 g/mol. The van der Waals surface area contributed by atoms with Gasteiger partial charge >= 0.3 is 0 Å². The lowest BCUT2D eigenvalue weighted by Crippen LogP contribution is -2.88. The maximum atomic E-state index is 12.1. The van der Waals surface area contributed by atoms with Crippen LogP contribution in [-0.4, -0.2) is 17.6 Å². The summed E-state index contributed by atoms with van der Waals surface area (Å²) >= 11 is 0. The molecule has 1 aromatic carbocycles. The maximum Gasteiger partial charge on any atom is 0.280 e. The van der Waals surface area contributed by atoms with Crippen LogP contribution in [0.5, 0.6) is 0 Å². The first-order valence-corrected chi connectivity index (χ1v) is 8.65. The summed E-state index contributed by atoms with van der Waals surface area (Å²) in [5.74, 6) is 1.51. The predicted octanol–water partition coefficient (Wildman–Crippen LogP) is 2.83. The number of amides is 1. The SMILES string of the molecule is CCCc1ccc([C@H]([NH2+]CC(=O)Nc2cc(C)on2)C(C)C)cc1. The minimum atomic E-state index is -0.0726. The molecule has 0 unspecified atom stereocenters. The highest BCUT2D eigenvalue weighted by molar-refractivity contribution is 5.90. The van der Waals surface area contributed by atoms with Gasteiger partial charge < -0.3 is 15.2 Å². The number of aryl methyl sites for hydroxylation is 2. The van der Waals surface area contributed by atoms with Crippen LogP contribution in [0.25, 0.3) is 0 Å². The zero-order valence-corrected chi connectivity index (χ0v) is 15.0. The Hall–Kier alpha value is -2.14. The molecule has 2 rings (SSSR count). The molecule has 0 bridgehead atoms. The Kier molecular flexibility index (Phi) is 6.55. The second-order valence-electron chi connectivity index (χ2n) is 6.57. The molecule has 0 aliphatic heterocycles. The molecule has 1 aromatic heterocycles. The monoisotopic (exact) mass is 330 g/mol. The highest BCUT2D eigenvalue weighted by Crippen LogP contribution is 2.18. The number of rotatable bonds is 8. The van der Waals surface area contributed by atoms with E-state index in [0.29, 0.717) is 24.0 Å². The summed E-state index contributed by atoms with van der Waals surface area (Å²) in [5.41, 5.74) is 2.62. The number of nitrogens with two attached hydrogens (primary N) is 1. The van der Waals surface area contributed by atoms with E-state index < -0.39 is 0 Å². The van der Waals surface area contributed by atoms with Crippen LogP contribution in [0.3, 0.4) is 0 Å². The van der Waals surface area contributed by atoms with Crippen molar-refractivity contribution in [3.05, 3.63) is 47.2 Å². The third-order valence-corrected chi connectivity index (χ3v) is 4.07. The lowest BCUT2D eigenvalue weighted by Gasteiger charge is -2.19. The van der Waals surface area contributed by atoms with E-state index >= 15 is 0 Å². The Morgan fingerprint density at radius 2 is 2.00 bits per heavy atom. The molecule has 2 aromatic rings. The molecule has 0 aliphatic rings. The molecule has 5 heteroatoms. The number of aromatic nitrogens is 1. The Morgan fingerprint density at radius 3 is 2.54 bits per heavy atom. The van der Waals surface area contributed by atoms with Gasteiger partial charge in [0.25, 0.3) is 5.91 Å². The quantitative estimate of drug-likeness (QED) is 0.782. The molecule has 0 radical (unpaired) electrons. The van der Waals surface area contributed by atoms with Crippen molar-refractivity contribution < 1.29 is 14.6 Å². The van der Waals surface area contributed by atoms with E-state index in [9.17, 15) is 4.79 Å². The number of benzene rings is 1. The minimum absolute atomic E-state index is 0.0726. The van der Waals surface area contributed by atoms with Crippen LogP contribution in [-0.2, 0) is 11.2 Å². The van der Waals surface area contributed by atoms with Crippen molar-refractivity contribution in [2.45, 2.75) is 46.6 Å². The number of anilines is 1. The lowest BCUT2D eigenvalue weighted by atomic mass is 9.94. The van der Waals surface area contributed by atoms with E-state index in [-0.39, 0.29) is 11.9 Å². The van der Waals surface area contributed by atoms with Crippen molar-refractivity contribution in [2.24, 2.45) is 5.92 Å². The summed E-state index contributed by atoms with van der Waals surface area (Å²) in [6.45, 7) is 8.70. The molecule has 1 atom stereocenters. The van der Waals surface area contributed by atoms with Crippen LogP contribution < -0.4 is 10.6 Å². The van der Waals surface area contributed by atoms with Crippen molar-refractivity contribution in [1.82, 2.24) is 5.16 Å². The average molecular weight is 330 g/mol. The number of carbonyl (C=O) groups excluding carboxylic acids is 1. The average Bonchev–Trinajstić information content (AvgIpc) is 2.94. The number of nitrogens with zero attached hydrogens (tertiary/aromatic N) is 1. The number of hydrogen-bond donors (Lipinski definition) is 2. The number of carbonyl (C=O) groups is 1. The molecule has 1 heterocycles. The molecule has 130 valence electrons. The molecular formula is C19H28N3O2+. The van der Waals surface area contributed by atoms with Crippen LogP contribution in [0.4, 0.5) is 5.82 Å². The van der Waals surface area contributed by atoms with Crippen molar-refractivity contribution in [3.63, 3.8) is 0 Å². The molecule has 3 N–H and O–H groups in total. The van der Waals surface area contributed by atoms with Gasteiger partial charge in [-0.3, -0.25) is 4.79 Å². The van der Waals surface area contributed by atoms with Gasteiger partial charge in [0.1, 0.15) is 11.8 Å². The zero-order valence-electron chi connectivity index (χ0n) is 15.0. The smallest absolute Gasteiger partial charge is 0.280 e. The first kappa shape index (κ1) is 18.2. The van der Waals surface area contributed by atoms with Gasteiger partial charge in [-0.1, -0.05) is 56.6 Å². The number of hydrogen-bond acceptors (Lipinski definition) is 3. The molecule has 0 fully saturated rings. The van der Waals surface area contributed by atoms with Crippen LogP contribution in [0.2, 0.25) is 0 Å². The standard InChI is InChI=1S/C19H27N3O2/c1-5-6-15-7-9-16(10-8-15)19(13(2)3)20-12-18(23)21-17-11-14(4)24-22-17/h7-11,13,19-20H,5-6,12H2,1-4H3,(H,21,22,23)/p+1/t19-/m1/s1. The predicted molar refractivity (Wildman–Crippen MR) is 94.7 cm³/mol. The summed E-state index contributed by atoms with van der Waals surface area (Å²) < 4.78 is 4.95. The van der Waals surface area contributed by atoms with Gasteiger partial charge in [0.05, 0.1) is 0 Å². The normalized spacial score (nSPS) is 12.4. The second kappa shape index (κ2) is 8.64. The Labute approximate surface area is 143 Å². The highest BCUT2D eigenvalue weighted by Gasteiger charge is 2.20. The molecule has 0 saturated carbocycles. The topological polar surface area (TPSA) is 71.7 Å². The van der Waals surface area contributed by atoms with Crippen molar-refractivity contribution >= 4 is 11.7 Å². The second-order valence-corrected chi connectivity index (χ2v) is 6.57. The summed E-state index contributed by atoms with van der Waals surface area (Å²) in [6, 6.07) is 10.7. The van der Waals surface area contributed by atoms with E-state index in [0.717, 1.165) is 12.8 Å². The molecule has 24 heavy (non-hydrogen) atoms. The zero-order chi connectivity index (χ0) is 17.5. The van der Waals surface area contributed by atoms with Crippen molar-refractivity contribution in [2.75, 3.05) is 11.9 Å². The summed E-state index contributed by atoms with van der Waals surface area (Å²) in [6.07, 6.45) is 2.26. The van der Waals surface area contributed by atoms with E-state index in [1.807, 2.05) is 0 Å². The first-order valence-electron chi connectivity index (χ1n) is 8.65. The lowest BCUT2D eigenvalue weighted by molar-refractivity contribution is -0.692. The molecule has 0 aliphatic carbocycles. The Bertz CT molecular complexity index is 647. The van der Waals surface area contributed by atoms with Crippen LogP contribution in [0.1, 0.15) is 50.1 Å². The minimum Gasteiger partial charge on any atom is -0.360 e. The fourth-order valence-corrected chi connectivity index (χ4v) is 2.84. The van der Waals surface area contributed by atoms with E-state index in [2.05, 4.69) is 60.8 Å². The summed E-state index contributed by atoms with van der Waals surface area (Å²) in [5, 5.41) is 8.63. The van der Waals surface area contributed by atoms with E-state index in [1.54, 1.807) is 13.0 Å². The van der Waals surface area contributed by atoms with Gasteiger partial charge in [-0.05, 0) is 18.9 Å². The molecule has 0 saturated heterocycles. The summed E-state index contributed by atoms with van der Waals surface area (Å²) in [4.78, 5) is 12.1. The van der Waals surface area contributed by atoms with Gasteiger partial charge in [-0.15, -0.1) is 0 Å². The number of nitrogens with one attached hydrogen (secondary N) is 1. The maximum absolute atomic E-state index is 12.1. The Balaban J connectivity index is 1.94. The third-order valence-electron chi connectivity index (χ3n) is 4.07. The van der Waals surface area contributed by atoms with Crippen LogP contribution >= 0.6 is 0 Å². The Morgan fingerprint density at radius 1 is 1.29 bits per heavy atom. The highest BCUT2D eigenvalue weighted by atomic mass is 16.5. The van der Waals surface area contributed by atoms with Gasteiger partial charge in [0.15, 0.2) is 12.4 Å². The van der Waals surface area contributed by atoms with Gasteiger partial charge in [0, 0.05) is 17.5 Å². The van der Waals surface area contributed by atoms with Gasteiger partial charge in [-0.2, -0.15) is 0 Å². The molecule has 1 amide bonds. The van der Waals surface area contributed by atoms with E-state index in [4.69, 9.17) is 4.52 Å². The van der Waals surface area contributed by atoms with Crippen molar-refractivity contribution in [3.8, 4) is 0 Å². The van der Waals surface area contributed by atoms with Crippen LogP contribution in [0, 0.1) is 12.8 Å². The number of quaternary nitrogens is 1. The molecule has 0 spiro atoms. The summed E-state index contributed by atoms with van der Waals surface area (Å²) in [7, 11) is 0. The fraction of sp³-hybridized carbons (Fsp3) is 0.474. The molecule has 5 nitrogen and oxygen atoms in total. The van der Waals surface area contributed by atoms with Crippen LogP contribution in [0.15, 0.2) is 34.9 Å². The van der Waals surface area contributed by atoms with Gasteiger partial charge in [-0.25, -0.2) is 0 Å².